The maximum atomic E-state index is 12.5. The van der Waals surface area contributed by atoms with Crippen molar-refractivity contribution in [2.45, 2.75) is 13.0 Å². The van der Waals surface area contributed by atoms with Gasteiger partial charge < -0.3 is 5.32 Å². The average Bonchev–Trinajstić information content (AvgIpc) is 3.47. The van der Waals surface area contributed by atoms with Crippen LogP contribution in [-0.4, -0.2) is 26.6 Å². The largest absolute Gasteiger partial charge is 0.311 e. The molecule has 0 aliphatic carbocycles. The first kappa shape index (κ1) is 20.3. The summed E-state index contributed by atoms with van der Waals surface area (Å²) < 4.78 is 1.70. The Bertz CT molecular complexity index is 1150. The van der Waals surface area contributed by atoms with Gasteiger partial charge in [0.2, 0.25) is 5.91 Å². The molecule has 0 atom stereocenters. The van der Waals surface area contributed by atoms with Crippen LogP contribution >= 0.6 is 34.3 Å². The van der Waals surface area contributed by atoms with Crippen LogP contribution in [0.5, 0.6) is 0 Å². The van der Waals surface area contributed by atoms with Crippen LogP contribution in [-0.2, 0) is 17.8 Å². The highest BCUT2D eigenvalue weighted by Crippen LogP contribution is 2.19. The van der Waals surface area contributed by atoms with Crippen molar-refractivity contribution < 1.29 is 9.59 Å². The minimum Gasteiger partial charge on any atom is -0.311 e. The van der Waals surface area contributed by atoms with Crippen molar-refractivity contribution in [2.24, 2.45) is 0 Å². The van der Waals surface area contributed by atoms with Crippen molar-refractivity contribution in [3.8, 4) is 0 Å². The summed E-state index contributed by atoms with van der Waals surface area (Å²) in [7, 11) is 0. The second-order valence-electron chi connectivity index (χ2n) is 6.30. The van der Waals surface area contributed by atoms with E-state index in [2.05, 4.69) is 20.7 Å². The Balaban J connectivity index is 1.34. The number of amides is 2. The van der Waals surface area contributed by atoms with E-state index in [0.29, 0.717) is 33.1 Å². The van der Waals surface area contributed by atoms with E-state index in [1.807, 2.05) is 35.7 Å². The van der Waals surface area contributed by atoms with Gasteiger partial charge in [-0.05, 0) is 29.1 Å². The van der Waals surface area contributed by atoms with Gasteiger partial charge in [0.05, 0.1) is 29.7 Å². The number of carbonyl (C=O) groups excluding carboxylic acids is 2. The predicted molar refractivity (Wildman–Crippen MR) is 120 cm³/mol. The van der Waals surface area contributed by atoms with Gasteiger partial charge in [0, 0.05) is 16.5 Å². The molecule has 2 amide bonds. The molecule has 0 saturated heterocycles. The minimum atomic E-state index is -0.214. The van der Waals surface area contributed by atoms with Crippen LogP contribution in [0.1, 0.15) is 20.9 Å². The molecule has 1 aromatic carbocycles. The second-order valence-corrected chi connectivity index (χ2v) is 8.54. The molecule has 2 N–H and O–H groups in total. The summed E-state index contributed by atoms with van der Waals surface area (Å²) in [6, 6.07) is 12.8. The molecule has 0 bridgehead atoms. The van der Waals surface area contributed by atoms with Gasteiger partial charge in [-0.25, -0.2) is 9.67 Å². The zero-order valence-electron chi connectivity index (χ0n) is 15.5. The Morgan fingerprint density at radius 2 is 1.90 bits per heavy atom. The average molecular weight is 458 g/mol. The number of thiophene rings is 1. The molecule has 0 fully saturated rings. The Morgan fingerprint density at radius 1 is 1.07 bits per heavy atom. The molecule has 0 aliphatic heterocycles. The van der Waals surface area contributed by atoms with Crippen LogP contribution in [0.4, 0.5) is 10.9 Å². The van der Waals surface area contributed by atoms with E-state index in [9.17, 15) is 9.59 Å². The van der Waals surface area contributed by atoms with Crippen molar-refractivity contribution >= 4 is 57.0 Å². The Kier molecular flexibility index (Phi) is 6.22. The first-order chi connectivity index (χ1) is 14.6. The van der Waals surface area contributed by atoms with Crippen LogP contribution in [0.15, 0.2) is 59.4 Å². The number of hydrogen-bond acceptors (Lipinski definition) is 6. The van der Waals surface area contributed by atoms with Gasteiger partial charge in [-0.2, -0.15) is 5.10 Å². The summed E-state index contributed by atoms with van der Waals surface area (Å²) in [5.74, 6) is 0.173. The maximum absolute atomic E-state index is 12.5. The number of benzene rings is 1. The summed E-state index contributed by atoms with van der Waals surface area (Å²) >= 11 is 8.56. The monoisotopic (exact) mass is 457 g/mol. The number of hydrogen-bond donors (Lipinski definition) is 2. The van der Waals surface area contributed by atoms with Gasteiger partial charge in [-0.3, -0.25) is 14.9 Å². The molecule has 30 heavy (non-hydrogen) atoms. The molecule has 0 radical (unpaired) electrons. The van der Waals surface area contributed by atoms with Crippen molar-refractivity contribution in [2.75, 3.05) is 10.6 Å². The van der Waals surface area contributed by atoms with Gasteiger partial charge in [0.1, 0.15) is 5.82 Å². The van der Waals surface area contributed by atoms with Crippen LogP contribution in [0.25, 0.3) is 0 Å². The Labute approximate surface area is 185 Å². The topological polar surface area (TPSA) is 88.9 Å². The fourth-order valence-corrected chi connectivity index (χ4v) is 4.14. The Morgan fingerprint density at radius 3 is 2.67 bits per heavy atom. The standard InChI is InChI=1S/C20H16ClN5O2S2/c21-14-5-3-13(4-6-14)11-26-17(7-8-22-26)24-18(27)10-15-12-30-20(23-15)25-19(28)16-2-1-9-29-16/h1-9,12H,10-11H2,(H,24,27)(H,23,25,28). The summed E-state index contributed by atoms with van der Waals surface area (Å²) in [6.45, 7) is 0.509. The molecule has 0 spiro atoms. The lowest BCUT2D eigenvalue weighted by molar-refractivity contribution is -0.115. The lowest BCUT2D eigenvalue weighted by atomic mass is 10.2. The third-order valence-corrected chi connectivity index (χ3v) is 6.02. The first-order valence-electron chi connectivity index (χ1n) is 8.92. The molecular weight excluding hydrogens is 442 g/mol. The second kappa shape index (κ2) is 9.21. The molecule has 152 valence electrons. The molecule has 3 aromatic heterocycles. The number of aromatic nitrogens is 3. The van der Waals surface area contributed by atoms with Gasteiger partial charge in [0.25, 0.3) is 5.91 Å². The first-order valence-corrected chi connectivity index (χ1v) is 11.1. The van der Waals surface area contributed by atoms with E-state index in [4.69, 9.17) is 11.6 Å². The van der Waals surface area contributed by atoms with Crippen LogP contribution in [0, 0.1) is 0 Å². The lowest BCUT2D eigenvalue weighted by Gasteiger charge is -2.09. The summed E-state index contributed by atoms with van der Waals surface area (Å²) in [5, 5.41) is 14.6. The lowest BCUT2D eigenvalue weighted by Crippen LogP contribution is -2.18. The molecule has 4 aromatic rings. The predicted octanol–water partition coefficient (Wildman–Crippen LogP) is 4.54. The number of nitrogens with zero attached hydrogens (tertiary/aromatic N) is 3. The molecule has 4 rings (SSSR count). The number of rotatable bonds is 7. The SMILES string of the molecule is O=C(Cc1csc(NC(=O)c2cccs2)n1)Nc1ccnn1Cc1ccc(Cl)cc1. The van der Waals surface area contributed by atoms with E-state index in [1.165, 1.54) is 22.7 Å². The number of halogens is 1. The summed E-state index contributed by atoms with van der Waals surface area (Å²) in [5.41, 5.74) is 1.60. The third-order valence-electron chi connectivity index (χ3n) is 4.09. The molecule has 0 aliphatic rings. The van der Waals surface area contributed by atoms with Crippen LogP contribution in [0.2, 0.25) is 5.02 Å². The van der Waals surface area contributed by atoms with Crippen molar-refractivity contribution in [3.05, 3.63) is 80.6 Å². The summed E-state index contributed by atoms with van der Waals surface area (Å²) in [6.07, 6.45) is 1.73. The molecule has 10 heteroatoms. The zero-order chi connectivity index (χ0) is 20.9. The van der Waals surface area contributed by atoms with Gasteiger partial charge in [-0.1, -0.05) is 29.8 Å². The van der Waals surface area contributed by atoms with Crippen molar-refractivity contribution in [3.63, 3.8) is 0 Å². The summed E-state index contributed by atoms with van der Waals surface area (Å²) in [4.78, 5) is 29.5. The molecule has 0 saturated carbocycles. The van der Waals surface area contributed by atoms with Gasteiger partial charge >= 0.3 is 0 Å². The van der Waals surface area contributed by atoms with Crippen LogP contribution in [0.3, 0.4) is 0 Å². The number of thiazole rings is 1. The van der Waals surface area contributed by atoms with Gasteiger partial charge in [-0.15, -0.1) is 22.7 Å². The zero-order valence-corrected chi connectivity index (χ0v) is 17.9. The van der Waals surface area contributed by atoms with E-state index in [1.54, 1.807) is 28.4 Å². The van der Waals surface area contributed by atoms with Crippen molar-refractivity contribution in [1.29, 1.82) is 0 Å². The highest BCUT2D eigenvalue weighted by molar-refractivity contribution is 7.14. The van der Waals surface area contributed by atoms with E-state index in [-0.39, 0.29) is 18.2 Å². The molecule has 3 heterocycles. The Hall–Kier alpha value is -3.01. The van der Waals surface area contributed by atoms with E-state index < -0.39 is 0 Å². The normalized spacial score (nSPS) is 10.7. The maximum Gasteiger partial charge on any atom is 0.267 e. The minimum absolute atomic E-state index is 0.0947. The fourth-order valence-electron chi connectivity index (χ4n) is 2.69. The molecule has 7 nitrogen and oxygen atoms in total. The van der Waals surface area contributed by atoms with Crippen LogP contribution < -0.4 is 10.6 Å². The molecular formula is C20H16ClN5O2S2. The van der Waals surface area contributed by atoms with Gasteiger partial charge in [0.15, 0.2) is 5.13 Å². The van der Waals surface area contributed by atoms with Crippen molar-refractivity contribution in [1.82, 2.24) is 14.8 Å². The fraction of sp³-hybridized carbons (Fsp3) is 0.100. The quantitative estimate of drug-likeness (QED) is 0.426. The highest BCUT2D eigenvalue weighted by Gasteiger charge is 2.13. The molecule has 0 unspecified atom stereocenters. The van der Waals surface area contributed by atoms with E-state index in [0.717, 1.165) is 5.56 Å². The number of anilines is 2. The number of nitrogens with one attached hydrogen (secondary N) is 2. The number of carbonyl (C=O) groups is 2. The highest BCUT2D eigenvalue weighted by atomic mass is 35.5. The third kappa shape index (κ3) is 5.12. The smallest absolute Gasteiger partial charge is 0.267 e. The van der Waals surface area contributed by atoms with E-state index >= 15 is 0 Å².